The van der Waals surface area contributed by atoms with Crippen molar-refractivity contribution in [3.05, 3.63) is 63.0 Å². The fraction of sp³-hybridized carbons (Fsp3) is 0.250. The highest BCUT2D eigenvalue weighted by atomic mass is 79.9. The van der Waals surface area contributed by atoms with Crippen LogP contribution in [0.2, 0.25) is 0 Å². The van der Waals surface area contributed by atoms with Crippen LogP contribution in [0.3, 0.4) is 0 Å². The number of aromatic nitrogens is 1. The van der Waals surface area contributed by atoms with E-state index in [1.807, 2.05) is 0 Å². The summed E-state index contributed by atoms with van der Waals surface area (Å²) in [7, 11) is -3.57. The Morgan fingerprint density at radius 3 is 2.20 bits per heavy atom. The summed E-state index contributed by atoms with van der Waals surface area (Å²) in [4.78, 5) is 27.8. The lowest BCUT2D eigenvalue weighted by Gasteiger charge is -2.34. The third kappa shape index (κ3) is 3.83. The van der Waals surface area contributed by atoms with Crippen molar-refractivity contribution in [2.24, 2.45) is 0 Å². The second-order valence-corrected chi connectivity index (χ2v) is 8.45. The number of sulfonamides is 1. The van der Waals surface area contributed by atoms with Gasteiger partial charge in [-0.05, 0) is 30.3 Å². The van der Waals surface area contributed by atoms with Crippen molar-refractivity contribution >= 4 is 31.9 Å². The summed E-state index contributed by atoms with van der Waals surface area (Å²) in [5, 5.41) is 0. The Bertz CT molecular complexity index is 912. The maximum absolute atomic E-state index is 12.6. The average Bonchev–Trinajstić information content (AvgIpc) is 2.62. The number of halogens is 1. The molecule has 2 aromatic rings. The Kier molecular flexibility index (Phi) is 5.07. The van der Waals surface area contributed by atoms with Crippen molar-refractivity contribution in [2.45, 2.75) is 4.90 Å². The number of pyridine rings is 1. The first-order valence-electron chi connectivity index (χ1n) is 7.62. The number of carbonyl (C=O) groups excluding carboxylic acids is 1. The van der Waals surface area contributed by atoms with Crippen LogP contribution in [-0.4, -0.2) is 54.7 Å². The zero-order valence-electron chi connectivity index (χ0n) is 13.2. The van der Waals surface area contributed by atoms with Crippen molar-refractivity contribution in [1.82, 2.24) is 14.2 Å². The van der Waals surface area contributed by atoms with Gasteiger partial charge in [-0.3, -0.25) is 9.59 Å². The molecule has 0 unspecified atom stereocenters. The molecule has 9 heteroatoms. The van der Waals surface area contributed by atoms with E-state index in [9.17, 15) is 18.0 Å². The molecule has 1 aliphatic rings. The summed E-state index contributed by atoms with van der Waals surface area (Å²) in [6.45, 7) is 1.06. The van der Waals surface area contributed by atoms with Gasteiger partial charge >= 0.3 is 0 Å². The minimum absolute atomic E-state index is 0.225. The van der Waals surface area contributed by atoms with Gasteiger partial charge in [-0.2, -0.15) is 4.31 Å². The van der Waals surface area contributed by atoms with Crippen molar-refractivity contribution in [2.75, 3.05) is 26.2 Å². The van der Waals surface area contributed by atoms with Gasteiger partial charge in [-0.1, -0.05) is 15.9 Å². The molecule has 25 heavy (non-hydrogen) atoms. The Morgan fingerprint density at radius 2 is 1.64 bits per heavy atom. The Balaban J connectivity index is 1.69. The number of hydrogen-bond donors (Lipinski definition) is 1. The van der Waals surface area contributed by atoms with Gasteiger partial charge in [0.05, 0.1) is 10.5 Å². The molecule has 132 valence electrons. The normalized spacial score (nSPS) is 16.0. The summed E-state index contributed by atoms with van der Waals surface area (Å²) in [5.41, 5.74) is 0.103. The molecule has 0 bridgehead atoms. The zero-order chi connectivity index (χ0) is 18.0. The largest absolute Gasteiger partial charge is 0.336 e. The van der Waals surface area contributed by atoms with Crippen molar-refractivity contribution in [1.29, 1.82) is 0 Å². The standard InChI is InChI=1S/C16H16BrN3O4S/c17-13-2-4-14(5-3-13)25(23,24)20-9-7-19(8-10-20)16(22)12-1-6-15(21)18-11-12/h1-6,11H,7-10H2,(H,18,21). The molecule has 7 nitrogen and oxygen atoms in total. The SMILES string of the molecule is O=C(c1ccc(=O)[nH]c1)N1CCN(S(=O)(=O)c2ccc(Br)cc2)CC1. The fourth-order valence-corrected chi connectivity index (χ4v) is 4.30. The van der Waals surface area contributed by atoms with Crippen LogP contribution in [0.5, 0.6) is 0 Å². The number of hydrogen-bond acceptors (Lipinski definition) is 4. The predicted molar refractivity (Wildman–Crippen MR) is 95.9 cm³/mol. The number of piperazine rings is 1. The predicted octanol–water partition coefficient (Wildman–Crippen LogP) is 1.28. The highest BCUT2D eigenvalue weighted by molar-refractivity contribution is 9.10. The van der Waals surface area contributed by atoms with Crippen LogP contribution in [0.1, 0.15) is 10.4 Å². The van der Waals surface area contributed by atoms with E-state index in [1.165, 1.54) is 22.6 Å². The molecule has 1 aromatic carbocycles. The van der Waals surface area contributed by atoms with Crippen LogP contribution in [0, 0.1) is 0 Å². The second kappa shape index (κ2) is 7.11. The van der Waals surface area contributed by atoms with Crippen LogP contribution in [-0.2, 0) is 10.0 Å². The van der Waals surface area contributed by atoms with Crippen molar-refractivity contribution in [3.63, 3.8) is 0 Å². The van der Waals surface area contributed by atoms with Gasteiger partial charge in [0.15, 0.2) is 0 Å². The molecular weight excluding hydrogens is 410 g/mol. The van der Waals surface area contributed by atoms with Crippen LogP contribution in [0.15, 0.2) is 56.8 Å². The van der Waals surface area contributed by atoms with Gasteiger partial charge in [0.1, 0.15) is 0 Å². The molecule has 0 aliphatic carbocycles. The molecule has 1 aliphatic heterocycles. The Labute approximate surface area is 153 Å². The van der Waals surface area contributed by atoms with Crippen molar-refractivity contribution in [3.8, 4) is 0 Å². The number of carbonyl (C=O) groups is 1. The smallest absolute Gasteiger partial charge is 0.255 e. The molecule has 1 N–H and O–H groups in total. The summed E-state index contributed by atoms with van der Waals surface area (Å²) in [5.74, 6) is -0.225. The molecule has 1 fully saturated rings. The number of nitrogens with one attached hydrogen (secondary N) is 1. The first-order valence-corrected chi connectivity index (χ1v) is 9.85. The molecule has 0 spiro atoms. The number of aromatic amines is 1. The minimum Gasteiger partial charge on any atom is -0.336 e. The molecule has 1 saturated heterocycles. The van der Waals surface area contributed by atoms with Gasteiger partial charge in [0, 0.05) is 42.9 Å². The van der Waals surface area contributed by atoms with E-state index in [4.69, 9.17) is 0 Å². The lowest BCUT2D eigenvalue weighted by Crippen LogP contribution is -2.50. The van der Waals surface area contributed by atoms with E-state index in [0.29, 0.717) is 18.7 Å². The van der Waals surface area contributed by atoms with Crippen molar-refractivity contribution < 1.29 is 13.2 Å². The number of nitrogens with zero attached hydrogens (tertiary/aromatic N) is 2. The molecule has 0 saturated carbocycles. The molecule has 0 atom stereocenters. The topological polar surface area (TPSA) is 90.6 Å². The number of rotatable bonds is 3. The van der Waals surface area contributed by atoms with E-state index < -0.39 is 10.0 Å². The first kappa shape index (κ1) is 17.8. The van der Waals surface area contributed by atoms with Gasteiger partial charge in [0.2, 0.25) is 15.6 Å². The van der Waals surface area contributed by atoms with Gasteiger partial charge in [0.25, 0.3) is 5.91 Å². The zero-order valence-corrected chi connectivity index (χ0v) is 15.6. The van der Waals surface area contributed by atoms with Crippen LogP contribution in [0.25, 0.3) is 0 Å². The lowest BCUT2D eigenvalue weighted by atomic mass is 10.2. The summed E-state index contributed by atoms with van der Waals surface area (Å²) in [6.07, 6.45) is 1.37. The first-order chi connectivity index (χ1) is 11.9. The molecular formula is C16H16BrN3O4S. The monoisotopic (exact) mass is 425 g/mol. The maximum atomic E-state index is 12.6. The molecule has 3 rings (SSSR count). The maximum Gasteiger partial charge on any atom is 0.255 e. The van der Waals surface area contributed by atoms with E-state index in [-0.39, 0.29) is 29.5 Å². The lowest BCUT2D eigenvalue weighted by molar-refractivity contribution is 0.0697. The van der Waals surface area contributed by atoms with Crippen LogP contribution < -0.4 is 5.56 Å². The Morgan fingerprint density at radius 1 is 1.00 bits per heavy atom. The third-order valence-corrected chi connectivity index (χ3v) is 6.45. The fourth-order valence-electron chi connectivity index (χ4n) is 2.61. The number of benzene rings is 1. The van der Waals surface area contributed by atoms with E-state index in [1.54, 1.807) is 29.2 Å². The number of H-pyrrole nitrogens is 1. The van der Waals surface area contributed by atoms with Gasteiger partial charge < -0.3 is 9.88 Å². The summed E-state index contributed by atoms with van der Waals surface area (Å²) >= 11 is 3.28. The molecule has 1 aromatic heterocycles. The highest BCUT2D eigenvalue weighted by Crippen LogP contribution is 2.20. The average molecular weight is 426 g/mol. The summed E-state index contributed by atoms with van der Waals surface area (Å²) < 4.78 is 27.5. The van der Waals surface area contributed by atoms with Crippen LogP contribution >= 0.6 is 15.9 Å². The minimum atomic E-state index is -3.57. The van der Waals surface area contributed by atoms with E-state index in [0.717, 1.165) is 4.47 Å². The van der Waals surface area contributed by atoms with Gasteiger partial charge in [-0.25, -0.2) is 8.42 Å². The Hall–Kier alpha value is -1.97. The second-order valence-electron chi connectivity index (χ2n) is 5.59. The van der Waals surface area contributed by atoms with E-state index >= 15 is 0 Å². The number of amides is 1. The van der Waals surface area contributed by atoms with Crippen LogP contribution in [0.4, 0.5) is 0 Å². The molecule has 0 radical (unpaired) electrons. The molecule has 1 amide bonds. The highest BCUT2D eigenvalue weighted by Gasteiger charge is 2.30. The quantitative estimate of drug-likeness (QED) is 0.801. The van der Waals surface area contributed by atoms with Gasteiger partial charge in [-0.15, -0.1) is 0 Å². The third-order valence-electron chi connectivity index (χ3n) is 4.01. The van der Waals surface area contributed by atoms with E-state index in [2.05, 4.69) is 20.9 Å². The molecule has 2 heterocycles. The summed E-state index contributed by atoms with van der Waals surface area (Å²) in [6, 6.07) is 9.23.